The average molecular weight is 398 g/mol. The molecule has 0 radical (unpaired) electrons. The van der Waals surface area contributed by atoms with E-state index in [1.807, 2.05) is 6.07 Å². The molecule has 6 heteroatoms. The van der Waals surface area contributed by atoms with Gasteiger partial charge in [0.25, 0.3) is 0 Å². The third-order valence-electron chi connectivity index (χ3n) is 5.05. The smallest absolute Gasteiger partial charge is 0.317 e. The number of hydrogen-bond acceptors (Lipinski definition) is 5. The van der Waals surface area contributed by atoms with Crippen molar-refractivity contribution in [2.45, 2.75) is 19.3 Å². The van der Waals surface area contributed by atoms with Gasteiger partial charge in [-0.05, 0) is 48.8 Å². The molecule has 1 aliphatic rings. The Balaban J connectivity index is 2.10. The number of ether oxygens (including phenoxy) is 3. The van der Waals surface area contributed by atoms with E-state index in [-0.39, 0.29) is 18.2 Å². The maximum Gasteiger partial charge on any atom is 0.317 e. The lowest BCUT2D eigenvalue weighted by Gasteiger charge is -2.30. The van der Waals surface area contributed by atoms with E-state index in [0.717, 1.165) is 11.1 Å². The number of halogens is 1. The van der Waals surface area contributed by atoms with Crippen molar-refractivity contribution in [3.63, 3.8) is 0 Å². The van der Waals surface area contributed by atoms with E-state index in [4.69, 9.17) is 14.2 Å². The number of para-hydroxylation sites is 1. The molecule has 5 nitrogen and oxygen atoms in total. The van der Waals surface area contributed by atoms with Crippen LogP contribution < -0.4 is 9.47 Å². The van der Waals surface area contributed by atoms with Gasteiger partial charge in [0.05, 0.1) is 20.8 Å². The molecule has 0 saturated heterocycles. The molecule has 0 heterocycles. The molecule has 0 fully saturated rings. The summed E-state index contributed by atoms with van der Waals surface area (Å²) in [6.45, 7) is 1.88. The Hall–Kier alpha value is -3.15. The van der Waals surface area contributed by atoms with Crippen LogP contribution in [0.25, 0.3) is 5.57 Å². The first-order valence-electron chi connectivity index (χ1n) is 9.38. The van der Waals surface area contributed by atoms with Crippen molar-refractivity contribution in [3.8, 4) is 11.5 Å². The van der Waals surface area contributed by atoms with Crippen LogP contribution in [0.15, 0.2) is 48.5 Å². The van der Waals surface area contributed by atoms with E-state index < -0.39 is 17.8 Å². The highest BCUT2D eigenvalue weighted by molar-refractivity contribution is 6.10. The summed E-state index contributed by atoms with van der Waals surface area (Å²) in [6.07, 6.45) is 1.85. The third kappa shape index (κ3) is 4.16. The molecule has 2 atom stereocenters. The molecule has 0 saturated carbocycles. The van der Waals surface area contributed by atoms with Gasteiger partial charge in [-0.1, -0.05) is 24.3 Å². The fourth-order valence-electron chi connectivity index (χ4n) is 3.74. The molecule has 152 valence electrons. The van der Waals surface area contributed by atoms with Crippen molar-refractivity contribution in [1.82, 2.24) is 0 Å². The fraction of sp³-hybridized carbons (Fsp3) is 0.304. The lowest BCUT2D eigenvalue weighted by atomic mass is 9.73. The van der Waals surface area contributed by atoms with Gasteiger partial charge in [0.2, 0.25) is 0 Å². The van der Waals surface area contributed by atoms with Gasteiger partial charge in [-0.3, -0.25) is 9.59 Å². The van der Waals surface area contributed by atoms with Crippen LogP contribution in [-0.2, 0) is 14.3 Å². The molecule has 0 amide bonds. The maximum atomic E-state index is 13.3. The Labute approximate surface area is 169 Å². The van der Waals surface area contributed by atoms with E-state index in [0.29, 0.717) is 23.5 Å². The summed E-state index contributed by atoms with van der Waals surface area (Å²) < 4.78 is 29.4. The molecular weight excluding hydrogens is 375 g/mol. The predicted molar refractivity (Wildman–Crippen MR) is 106 cm³/mol. The van der Waals surface area contributed by atoms with Crippen LogP contribution in [0, 0.1) is 11.7 Å². The van der Waals surface area contributed by atoms with E-state index in [1.165, 1.54) is 32.4 Å². The summed E-state index contributed by atoms with van der Waals surface area (Å²) in [5.74, 6) is -1.77. The highest BCUT2D eigenvalue weighted by atomic mass is 19.1. The fourth-order valence-corrected chi connectivity index (χ4v) is 3.74. The second kappa shape index (κ2) is 8.90. The van der Waals surface area contributed by atoms with Crippen molar-refractivity contribution in [2.75, 3.05) is 20.8 Å². The Bertz CT molecular complexity index is 933. The molecular formula is C23H23FO5. The third-order valence-corrected chi connectivity index (χ3v) is 5.05. The molecule has 2 aromatic carbocycles. The summed E-state index contributed by atoms with van der Waals surface area (Å²) in [5.41, 5.74) is 2.14. The van der Waals surface area contributed by atoms with Crippen molar-refractivity contribution in [1.29, 1.82) is 0 Å². The van der Waals surface area contributed by atoms with Gasteiger partial charge in [0.15, 0.2) is 17.3 Å². The number of carbonyl (C=O) groups is 2. The Morgan fingerprint density at radius 1 is 1.10 bits per heavy atom. The number of carbonyl (C=O) groups excluding carboxylic acids is 2. The standard InChI is InChI=1S/C23H23FO5/c1-4-29-23(26)21-18(17-6-5-7-20(27-2)22(17)28-3)12-15(13-19(21)25)14-8-10-16(24)11-9-14/h5-11,13,18,21H,4,12H2,1-3H3/t18-,21+/m0/s1. The van der Waals surface area contributed by atoms with Crippen LogP contribution in [0.1, 0.15) is 30.4 Å². The number of rotatable bonds is 6. The van der Waals surface area contributed by atoms with Crippen LogP contribution in [0.4, 0.5) is 4.39 Å². The molecule has 1 aliphatic carbocycles. The lowest BCUT2D eigenvalue weighted by molar-refractivity contribution is -0.151. The highest BCUT2D eigenvalue weighted by Gasteiger charge is 2.41. The second-order valence-electron chi connectivity index (χ2n) is 6.70. The van der Waals surface area contributed by atoms with Crippen LogP contribution in [0.2, 0.25) is 0 Å². The number of methoxy groups -OCH3 is 2. The second-order valence-corrected chi connectivity index (χ2v) is 6.70. The summed E-state index contributed by atoms with van der Waals surface area (Å²) in [4.78, 5) is 25.6. The molecule has 0 spiro atoms. The summed E-state index contributed by atoms with van der Waals surface area (Å²) in [7, 11) is 3.04. The van der Waals surface area contributed by atoms with E-state index in [2.05, 4.69) is 0 Å². The quantitative estimate of drug-likeness (QED) is 0.540. The zero-order chi connectivity index (χ0) is 21.0. The van der Waals surface area contributed by atoms with Gasteiger partial charge in [0.1, 0.15) is 11.7 Å². The van der Waals surface area contributed by atoms with Crippen LogP contribution in [0.3, 0.4) is 0 Å². The number of esters is 1. The minimum atomic E-state index is -0.986. The number of benzene rings is 2. The van der Waals surface area contributed by atoms with Crippen molar-refractivity contribution < 1.29 is 28.2 Å². The van der Waals surface area contributed by atoms with Gasteiger partial charge in [-0.15, -0.1) is 0 Å². The van der Waals surface area contributed by atoms with Crippen molar-refractivity contribution in [3.05, 3.63) is 65.5 Å². The minimum Gasteiger partial charge on any atom is -0.493 e. The SMILES string of the molecule is CCOC(=O)[C@H]1C(=O)C=C(c2ccc(F)cc2)C[C@H]1c1cccc(OC)c1OC. The monoisotopic (exact) mass is 398 g/mol. The zero-order valence-electron chi connectivity index (χ0n) is 16.6. The van der Waals surface area contributed by atoms with Gasteiger partial charge in [-0.25, -0.2) is 4.39 Å². The predicted octanol–water partition coefficient (Wildman–Crippen LogP) is 4.16. The highest BCUT2D eigenvalue weighted by Crippen LogP contribution is 2.45. The Morgan fingerprint density at radius 3 is 2.45 bits per heavy atom. The first-order chi connectivity index (χ1) is 14.0. The Kier molecular flexibility index (Phi) is 6.32. The number of ketones is 1. The minimum absolute atomic E-state index is 0.180. The van der Waals surface area contributed by atoms with Gasteiger partial charge in [-0.2, -0.15) is 0 Å². The van der Waals surface area contributed by atoms with E-state index in [9.17, 15) is 14.0 Å². The van der Waals surface area contributed by atoms with Crippen LogP contribution >= 0.6 is 0 Å². The topological polar surface area (TPSA) is 61.8 Å². The molecule has 0 unspecified atom stereocenters. The average Bonchev–Trinajstić information content (AvgIpc) is 2.73. The van der Waals surface area contributed by atoms with Gasteiger partial charge < -0.3 is 14.2 Å². The zero-order valence-corrected chi connectivity index (χ0v) is 16.6. The lowest BCUT2D eigenvalue weighted by Crippen LogP contribution is -2.34. The first kappa shape index (κ1) is 20.6. The van der Waals surface area contributed by atoms with Crippen LogP contribution in [0.5, 0.6) is 11.5 Å². The largest absolute Gasteiger partial charge is 0.493 e. The molecule has 0 aromatic heterocycles. The van der Waals surface area contributed by atoms with Crippen LogP contribution in [-0.4, -0.2) is 32.6 Å². The molecule has 0 aliphatic heterocycles. The van der Waals surface area contributed by atoms with Crippen molar-refractivity contribution in [2.24, 2.45) is 5.92 Å². The van der Waals surface area contributed by atoms with Crippen molar-refractivity contribution >= 4 is 17.3 Å². The van der Waals surface area contributed by atoms with E-state index >= 15 is 0 Å². The van der Waals surface area contributed by atoms with E-state index in [1.54, 1.807) is 31.2 Å². The maximum absolute atomic E-state index is 13.3. The summed E-state index contributed by atoms with van der Waals surface area (Å²) >= 11 is 0. The Morgan fingerprint density at radius 2 is 1.83 bits per heavy atom. The molecule has 3 rings (SSSR count). The first-order valence-corrected chi connectivity index (χ1v) is 9.38. The molecule has 0 bridgehead atoms. The summed E-state index contributed by atoms with van der Waals surface area (Å²) in [6, 6.07) is 11.3. The van der Waals surface area contributed by atoms with Gasteiger partial charge >= 0.3 is 5.97 Å². The molecule has 29 heavy (non-hydrogen) atoms. The number of allylic oxidation sites excluding steroid dienone is 2. The van der Waals surface area contributed by atoms with Gasteiger partial charge in [0, 0.05) is 11.5 Å². The number of hydrogen-bond donors (Lipinski definition) is 0. The molecule has 0 N–H and O–H groups in total. The summed E-state index contributed by atoms with van der Waals surface area (Å²) in [5, 5.41) is 0. The molecule has 2 aromatic rings. The normalized spacial score (nSPS) is 18.8.